The lowest BCUT2D eigenvalue weighted by Gasteiger charge is -2.18. The fourth-order valence-corrected chi connectivity index (χ4v) is 1.90. The molecule has 0 fully saturated rings. The quantitative estimate of drug-likeness (QED) is 0.771. The molecule has 1 atom stereocenters. The van der Waals surface area contributed by atoms with E-state index in [1.165, 1.54) is 0 Å². The van der Waals surface area contributed by atoms with Gasteiger partial charge < -0.3 is 15.8 Å². The number of carbonyl (C=O) groups excluding carboxylic acids is 1. The second-order valence-electron chi connectivity index (χ2n) is 4.42. The van der Waals surface area contributed by atoms with Gasteiger partial charge in [-0.1, -0.05) is 18.5 Å². The van der Waals surface area contributed by atoms with Gasteiger partial charge in [0.1, 0.15) is 5.75 Å². The number of amides is 1. The highest BCUT2D eigenvalue weighted by Gasteiger charge is 2.12. The molecule has 0 aliphatic carbocycles. The van der Waals surface area contributed by atoms with Crippen LogP contribution in [0.25, 0.3) is 0 Å². The molecule has 0 heterocycles. The van der Waals surface area contributed by atoms with E-state index >= 15 is 0 Å². The van der Waals surface area contributed by atoms with E-state index in [-0.39, 0.29) is 25.0 Å². The maximum Gasteiger partial charge on any atom is 0.220 e. The number of ether oxygens (including phenoxy) is 1. The Morgan fingerprint density at radius 3 is 2.89 bits per heavy atom. The lowest BCUT2D eigenvalue weighted by atomic mass is 10.1. The Hall–Kier alpha value is -1.26. The van der Waals surface area contributed by atoms with E-state index in [1.807, 2.05) is 12.1 Å². The van der Waals surface area contributed by atoms with Gasteiger partial charge in [0.25, 0.3) is 0 Å². The first-order chi connectivity index (χ1) is 9.04. The van der Waals surface area contributed by atoms with Crippen LogP contribution in [0.3, 0.4) is 0 Å². The Morgan fingerprint density at radius 2 is 2.26 bits per heavy atom. The predicted molar refractivity (Wildman–Crippen MR) is 77.5 cm³/mol. The van der Waals surface area contributed by atoms with E-state index in [0.29, 0.717) is 5.02 Å². The third-order valence-corrected chi connectivity index (χ3v) is 2.98. The average molecular weight is 285 g/mol. The minimum Gasteiger partial charge on any atom is -0.493 e. The maximum absolute atomic E-state index is 10.7. The number of hydrogen-bond donors (Lipinski definition) is 2. The van der Waals surface area contributed by atoms with Crippen LogP contribution in [-0.4, -0.2) is 19.1 Å². The third-order valence-electron chi connectivity index (χ3n) is 2.74. The van der Waals surface area contributed by atoms with E-state index in [1.54, 1.807) is 6.07 Å². The zero-order chi connectivity index (χ0) is 14.3. The van der Waals surface area contributed by atoms with Gasteiger partial charge >= 0.3 is 0 Å². The van der Waals surface area contributed by atoms with E-state index in [2.05, 4.69) is 19.2 Å². The first kappa shape index (κ1) is 15.8. The highest BCUT2D eigenvalue weighted by atomic mass is 35.5. The van der Waals surface area contributed by atoms with Gasteiger partial charge in [0, 0.05) is 16.6 Å². The van der Waals surface area contributed by atoms with Crippen LogP contribution in [0.4, 0.5) is 0 Å². The summed E-state index contributed by atoms with van der Waals surface area (Å²) in [6.07, 6.45) is 1.27. The van der Waals surface area contributed by atoms with Crippen molar-refractivity contribution in [3.8, 4) is 5.75 Å². The lowest BCUT2D eigenvalue weighted by Crippen LogP contribution is -2.20. The molecule has 1 aromatic carbocycles. The van der Waals surface area contributed by atoms with Gasteiger partial charge in [-0.3, -0.25) is 4.79 Å². The molecule has 0 saturated carbocycles. The molecule has 0 aromatic heterocycles. The molecule has 1 rings (SSSR count). The highest BCUT2D eigenvalue weighted by Crippen LogP contribution is 2.28. The van der Waals surface area contributed by atoms with Crippen LogP contribution in [0.5, 0.6) is 5.75 Å². The zero-order valence-corrected chi connectivity index (χ0v) is 12.2. The molecule has 4 nitrogen and oxygen atoms in total. The Morgan fingerprint density at radius 1 is 1.53 bits per heavy atom. The molecule has 1 aromatic rings. The van der Waals surface area contributed by atoms with E-state index < -0.39 is 0 Å². The van der Waals surface area contributed by atoms with Crippen LogP contribution < -0.4 is 15.8 Å². The fourth-order valence-electron chi connectivity index (χ4n) is 1.72. The number of benzene rings is 1. The number of hydrogen-bond acceptors (Lipinski definition) is 3. The van der Waals surface area contributed by atoms with Crippen molar-refractivity contribution in [2.45, 2.75) is 32.7 Å². The molecule has 0 saturated heterocycles. The zero-order valence-electron chi connectivity index (χ0n) is 11.4. The molecule has 0 aliphatic heterocycles. The molecule has 0 spiro atoms. The van der Waals surface area contributed by atoms with Crippen molar-refractivity contribution in [1.29, 1.82) is 0 Å². The molecule has 3 N–H and O–H groups in total. The van der Waals surface area contributed by atoms with Gasteiger partial charge in [0.05, 0.1) is 13.0 Å². The number of primary amides is 1. The Labute approximate surface area is 119 Å². The predicted octanol–water partition coefficient (Wildman–Crippen LogP) is 2.65. The second kappa shape index (κ2) is 8.02. The first-order valence-corrected chi connectivity index (χ1v) is 6.86. The summed E-state index contributed by atoms with van der Waals surface area (Å²) in [6, 6.07) is 5.62. The molecule has 1 unspecified atom stereocenters. The Bertz CT molecular complexity index is 424. The normalized spacial score (nSPS) is 12.2. The summed E-state index contributed by atoms with van der Waals surface area (Å²) in [7, 11) is 0. The summed E-state index contributed by atoms with van der Waals surface area (Å²) in [4.78, 5) is 10.7. The second-order valence-corrected chi connectivity index (χ2v) is 4.86. The van der Waals surface area contributed by atoms with Gasteiger partial charge in [-0.2, -0.15) is 0 Å². The Kier molecular flexibility index (Phi) is 6.67. The summed E-state index contributed by atoms with van der Waals surface area (Å²) >= 11 is 6.02. The van der Waals surface area contributed by atoms with Crippen molar-refractivity contribution in [2.75, 3.05) is 13.2 Å². The number of nitrogens with one attached hydrogen (secondary N) is 1. The minimum atomic E-state index is -0.368. The standard InChI is InChI=1S/C14H21ClN2O2/c1-3-7-17-10(2)12-9-11(15)4-5-13(12)19-8-6-14(16)18/h4-5,9-10,17H,3,6-8H2,1-2H3,(H2,16,18). The Balaban J connectivity index is 2.75. The van der Waals surface area contributed by atoms with Crippen molar-refractivity contribution >= 4 is 17.5 Å². The fraction of sp³-hybridized carbons (Fsp3) is 0.500. The van der Waals surface area contributed by atoms with Crippen LogP contribution in [-0.2, 0) is 4.79 Å². The molecule has 0 aliphatic rings. The maximum atomic E-state index is 10.7. The molecule has 5 heteroatoms. The summed E-state index contributed by atoms with van der Waals surface area (Å²) in [6.45, 7) is 5.38. The van der Waals surface area contributed by atoms with Crippen molar-refractivity contribution in [1.82, 2.24) is 5.32 Å². The largest absolute Gasteiger partial charge is 0.493 e. The molecule has 0 bridgehead atoms. The van der Waals surface area contributed by atoms with E-state index in [4.69, 9.17) is 22.1 Å². The number of rotatable bonds is 8. The van der Waals surface area contributed by atoms with Gasteiger partial charge in [-0.25, -0.2) is 0 Å². The molecule has 0 radical (unpaired) electrons. The summed E-state index contributed by atoms with van der Waals surface area (Å²) < 4.78 is 5.60. The third kappa shape index (κ3) is 5.49. The first-order valence-electron chi connectivity index (χ1n) is 6.48. The summed E-state index contributed by atoms with van der Waals surface area (Å²) in [5.74, 6) is 0.370. The highest BCUT2D eigenvalue weighted by molar-refractivity contribution is 6.30. The van der Waals surface area contributed by atoms with Crippen molar-refractivity contribution in [3.05, 3.63) is 28.8 Å². The van der Waals surface area contributed by atoms with Crippen LogP contribution in [0, 0.1) is 0 Å². The number of carbonyl (C=O) groups is 1. The molecule has 106 valence electrons. The topological polar surface area (TPSA) is 64.3 Å². The van der Waals surface area contributed by atoms with E-state index in [0.717, 1.165) is 24.3 Å². The SMILES string of the molecule is CCCNC(C)c1cc(Cl)ccc1OCCC(N)=O. The lowest BCUT2D eigenvalue weighted by molar-refractivity contribution is -0.118. The summed E-state index contributed by atoms with van der Waals surface area (Å²) in [5.41, 5.74) is 6.08. The average Bonchev–Trinajstić information content (AvgIpc) is 2.37. The molecule has 19 heavy (non-hydrogen) atoms. The van der Waals surface area contributed by atoms with Gasteiger partial charge in [0.2, 0.25) is 5.91 Å². The van der Waals surface area contributed by atoms with Crippen LogP contribution >= 0.6 is 11.6 Å². The van der Waals surface area contributed by atoms with Gasteiger partial charge in [0.15, 0.2) is 0 Å². The van der Waals surface area contributed by atoms with Crippen LogP contribution in [0.15, 0.2) is 18.2 Å². The molecular weight excluding hydrogens is 264 g/mol. The van der Waals surface area contributed by atoms with Crippen LogP contribution in [0.1, 0.15) is 38.3 Å². The van der Waals surface area contributed by atoms with E-state index in [9.17, 15) is 4.79 Å². The molecule has 1 amide bonds. The van der Waals surface area contributed by atoms with Gasteiger partial charge in [-0.15, -0.1) is 0 Å². The van der Waals surface area contributed by atoms with Crippen molar-refractivity contribution < 1.29 is 9.53 Å². The smallest absolute Gasteiger partial charge is 0.220 e. The van der Waals surface area contributed by atoms with Gasteiger partial charge in [-0.05, 0) is 38.1 Å². The van der Waals surface area contributed by atoms with Crippen molar-refractivity contribution in [3.63, 3.8) is 0 Å². The summed E-state index contributed by atoms with van der Waals surface area (Å²) in [5, 5.41) is 4.05. The number of nitrogens with two attached hydrogens (primary N) is 1. The number of halogens is 1. The van der Waals surface area contributed by atoms with Crippen LogP contribution in [0.2, 0.25) is 5.02 Å². The monoisotopic (exact) mass is 284 g/mol. The van der Waals surface area contributed by atoms with Crippen molar-refractivity contribution in [2.24, 2.45) is 5.73 Å². The molecular formula is C14H21ClN2O2. The minimum absolute atomic E-state index is 0.141.